The smallest absolute Gasteiger partial charge is 0.0619 e. The highest BCUT2D eigenvalue weighted by Crippen LogP contribution is 2.38. The van der Waals surface area contributed by atoms with Crippen LogP contribution in [0.5, 0.6) is 0 Å². The second-order valence-electron chi connectivity index (χ2n) is 5.94. The van der Waals surface area contributed by atoms with Crippen LogP contribution in [0, 0.1) is 5.41 Å². The van der Waals surface area contributed by atoms with E-state index in [0.717, 1.165) is 5.25 Å². The van der Waals surface area contributed by atoms with Crippen LogP contribution in [0.1, 0.15) is 53.9 Å². The Hall–Kier alpha value is 0.310. The van der Waals surface area contributed by atoms with Crippen molar-refractivity contribution < 1.29 is 0 Å². The van der Waals surface area contributed by atoms with Crippen molar-refractivity contribution in [1.29, 1.82) is 0 Å². The van der Waals surface area contributed by atoms with Crippen LogP contribution in [0.25, 0.3) is 0 Å². The summed E-state index contributed by atoms with van der Waals surface area (Å²) in [6.45, 7) is 12.9. The first-order valence-electron chi connectivity index (χ1n) is 5.74. The lowest BCUT2D eigenvalue weighted by atomic mass is 9.89. The Kier molecular flexibility index (Phi) is 3.93. The van der Waals surface area contributed by atoms with Crippen molar-refractivity contribution in [3.8, 4) is 0 Å². The van der Waals surface area contributed by atoms with Crippen LogP contribution in [0.2, 0.25) is 0 Å². The molecule has 0 radical (unpaired) electrons. The molecule has 14 heavy (non-hydrogen) atoms. The molecule has 1 N–H and O–H groups in total. The summed E-state index contributed by atoms with van der Waals surface area (Å²) < 4.78 is 0. The molecule has 1 rings (SSSR count). The van der Waals surface area contributed by atoms with E-state index in [1.165, 1.54) is 25.8 Å². The Balaban J connectivity index is 2.41. The fourth-order valence-electron chi connectivity index (χ4n) is 1.85. The van der Waals surface area contributed by atoms with Gasteiger partial charge in [-0.25, -0.2) is 0 Å². The molecule has 2 heteroatoms. The molecule has 0 amide bonds. The quantitative estimate of drug-likeness (QED) is 0.754. The van der Waals surface area contributed by atoms with Gasteiger partial charge >= 0.3 is 0 Å². The third kappa shape index (κ3) is 4.22. The van der Waals surface area contributed by atoms with Gasteiger partial charge < -0.3 is 5.32 Å². The SMILES string of the molecule is CC1CCNC(C)(CCC(C)(C)C)S1. The maximum atomic E-state index is 3.66. The van der Waals surface area contributed by atoms with E-state index in [9.17, 15) is 0 Å². The number of nitrogens with one attached hydrogen (secondary N) is 1. The first-order chi connectivity index (χ1) is 6.31. The van der Waals surface area contributed by atoms with Crippen LogP contribution in [-0.4, -0.2) is 16.7 Å². The topological polar surface area (TPSA) is 12.0 Å². The van der Waals surface area contributed by atoms with Gasteiger partial charge in [0.25, 0.3) is 0 Å². The van der Waals surface area contributed by atoms with Crippen molar-refractivity contribution in [2.45, 2.75) is 64.0 Å². The molecular formula is C12H25NS. The van der Waals surface area contributed by atoms with Gasteiger partial charge in [-0.3, -0.25) is 0 Å². The van der Waals surface area contributed by atoms with Gasteiger partial charge in [-0.05, 0) is 38.1 Å². The highest BCUT2D eigenvalue weighted by atomic mass is 32.2. The second-order valence-corrected chi connectivity index (χ2v) is 7.88. The van der Waals surface area contributed by atoms with Crippen LogP contribution in [0.3, 0.4) is 0 Å². The fraction of sp³-hybridized carbons (Fsp3) is 1.00. The van der Waals surface area contributed by atoms with Crippen LogP contribution in [-0.2, 0) is 0 Å². The Bertz CT molecular complexity index is 185. The van der Waals surface area contributed by atoms with Crippen molar-refractivity contribution >= 4 is 11.8 Å². The van der Waals surface area contributed by atoms with Crippen LogP contribution in [0.4, 0.5) is 0 Å². The third-order valence-electron chi connectivity index (χ3n) is 2.86. The molecule has 2 atom stereocenters. The van der Waals surface area contributed by atoms with Crippen molar-refractivity contribution in [2.75, 3.05) is 6.54 Å². The van der Waals surface area contributed by atoms with Crippen LogP contribution in [0.15, 0.2) is 0 Å². The number of hydrogen-bond donors (Lipinski definition) is 1. The van der Waals surface area contributed by atoms with Crippen molar-refractivity contribution in [1.82, 2.24) is 5.32 Å². The summed E-state index contributed by atoms with van der Waals surface area (Å²) >= 11 is 2.12. The molecule has 0 aliphatic carbocycles. The molecule has 1 nitrogen and oxygen atoms in total. The Morgan fingerprint density at radius 3 is 2.57 bits per heavy atom. The molecule has 2 unspecified atom stereocenters. The normalized spacial score (nSPS) is 34.5. The summed E-state index contributed by atoms with van der Waals surface area (Å²) in [6.07, 6.45) is 3.90. The lowest BCUT2D eigenvalue weighted by Gasteiger charge is -2.39. The van der Waals surface area contributed by atoms with E-state index in [1.54, 1.807) is 0 Å². The minimum absolute atomic E-state index is 0.324. The van der Waals surface area contributed by atoms with Gasteiger partial charge in [-0.1, -0.05) is 27.7 Å². The predicted molar refractivity (Wildman–Crippen MR) is 66.8 cm³/mol. The average molecular weight is 215 g/mol. The number of thioether (sulfide) groups is 1. The Labute approximate surface area is 93.4 Å². The van der Waals surface area contributed by atoms with Crippen LogP contribution >= 0.6 is 11.8 Å². The average Bonchev–Trinajstić information content (AvgIpc) is 1.99. The largest absolute Gasteiger partial charge is 0.303 e. The van der Waals surface area contributed by atoms with E-state index in [-0.39, 0.29) is 0 Å². The molecule has 1 aliphatic heterocycles. The first-order valence-corrected chi connectivity index (χ1v) is 6.62. The lowest BCUT2D eigenvalue weighted by molar-refractivity contribution is 0.318. The zero-order chi connectivity index (χ0) is 10.8. The highest BCUT2D eigenvalue weighted by Gasteiger charge is 2.31. The van der Waals surface area contributed by atoms with Crippen molar-refractivity contribution in [3.63, 3.8) is 0 Å². The summed E-state index contributed by atoms with van der Waals surface area (Å²) in [5.41, 5.74) is 0.464. The Morgan fingerprint density at radius 1 is 1.43 bits per heavy atom. The van der Waals surface area contributed by atoms with Gasteiger partial charge in [0, 0.05) is 5.25 Å². The molecule has 0 aromatic rings. The summed E-state index contributed by atoms with van der Waals surface area (Å²) in [5, 5.41) is 4.48. The first kappa shape index (κ1) is 12.4. The van der Waals surface area contributed by atoms with Crippen molar-refractivity contribution in [3.05, 3.63) is 0 Å². The molecule has 0 aromatic heterocycles. The predicted octanol–water partition coefficient (Wildman–Crippen LogP) is 3.64. The van der Waals surface area contributed by atoms with Gasteiger partial charge in [0.05, 0.1) is 4.87 Å². The zero-order valence-electron chi connectivity index (χ0n) is 10.3. The monoisotopic (exact) mass is 215 g/mol. The molecule has 1 saturated heterocycles. The van der Waals surface area contributed by atoms with Gasteiger partial charge in [-0.2, -0.15) is 0 Å². The van der Waals surface area contributed by atoms with E-state index in [0.29, 0.717) is 10.3 Å². The molecule has 1 heterocycles. The minimum atomic E-state index is 0.324. The summed E-state index contributed by atoms with van der Waals surface area (Å²) in [4.78, 5) is 0.324. The number of hydrogen-bond acceptors (Lipinski definition) is 2. The summed E-state index contributed by atoms with van der Waals surface area (Å²) in [6, 6.07) is 0. The van der Waals surface area contributed by atoms with E-state index in [2.05, 4.69) is 51.7 Å². The molecule has 0 aromatic carbocycles. The molecule has 0 saturated carbocycles. The van der Waals surface area contributed by atoms with Gasteiger partial charge in [-0.15, -0.1) is 11.8 Å². The maximum Gasteiger partial charge on any atom is 0.0619 e. The lowest BCUT2D eigenvalue weighted by Crippen LogP contribution is -2.45. The minimum Gasteiger partial charge on any atom is -0.303 e. The van der Waals surface area contributed by atoms with Gasteiger partial charge in [0.15, 0.2) is 0 Å². The van der Waals surface area contributed by atoms with Crippen molar-refractivity contribution in [2.24, 2.45) is 5.41 Å². The standard InChI is InChI=1S/C12H25NS/c1-10-6-9-13-12(5,14-10)8-7-11(2,3)4/h10,13H,6-9H2,1-5H3. The number of rotatable bonds is 2. The molecule has 0 bridgehead atoms. The zero-order valence-corrected chi connectivity index (χ0v) is 11.1. The third-order valence-corrected chi connectivity index (χ3v) is 4.37. The fourth-order valence-corrected chi connectivity index (χ4v) is 3.37. The molecular weight excluding hydrogens is 190 g/mol. The maximum absolute atomic E-state index is 3.66. The highest BCUT2D eigenvalue weighted by molar-refractivity contribution is 8.01. The van der Waals surface area contributed by atoms with E-state index in [1.807, 2.05) is 0 Å². The molecule has 0 spiro atoms. The van der Waals surface area contributed by atoms with E-state index in [4.69, 9.17) is 0 Å². The summed E-state index contributed by atoms with van der Waals surface area (Å²) in [7, 11) is 0. The van der Waals surface area contributed by atoms with E-state index >= 15 is 0 Å². The molecule has 1 fully saturated rings. The molecule has 84 valence electrons. The second kappa shape index (κ2) is 4.44. The van der Waals surface area contributed by atoms with E-state index < -0.39 is 0 Å². The van der Waals surface area contributed by atoms with Gasteiger partial charge in [0.1, 0.15) is 0 Å². The Morgan fingerprint density at radius 2 is 2.07 bits per heavy atom. The van der Waals surface area contributed by atoms with Crippen LogP contribution < -0.4 is 5.32 Å². The van der Waals surface area contributed by atoms with Gasteiger partial charge in [0.2, 0.25) is 0 Å². The summed E-state index contributed by atoms with van der Waals surface area (Å²) in [5.74, 6) is 0. The molecule has 1 aliphatic rings.